The highest BCUT2D eigenvalue weighted by Crippen LogP contribution is 2.61. The molecule has 0 bridgehead atoms. The standard InChI is InChI=1S/3CH5O3P.2Al/c3*1-5(2,3)4;;/h3*1H3,(H2,2,3,4);;/q;;;2*+3/p-6. The van der Waals surface area contributed by atoms with E-state index in [4.69, 9.17) is 21.5 Å². The highest BCUT2D eigenvalue weighted by molar-refractivity contribution is 7.61. The van der Waals surface area contributed by atoms with Crippen LogP contribution < -0.4 is 0 Å². The molecular weight excluding hydrogens is 327 g/mol. The first-order valence-electron chi connectivity index (χ1n) is 4.40. The van der Waals surface area contributed by atoms with Gasteiger partial charge in [-0.3, -0.25) is 13.7 Å². The maximum absolute atomic E-state index is 11.8. The van der Waals surface area contributed by atoms with Gasteiger partial charge in [-0.05, 0) is 0 Å². The molecular formula is C3H9Al2O9P3. The molecule has 2 rings (SSSR count). The fourth-order valence-corrected chi connectivity index (χ4v) is 11.3. The summed E-state index contributed by atoms with van der Waals surface area (Å²) in [6.07, 6.45) is 0. The van der Waals surface area contributed by atoms with Gasteiger partial charge in [0.2, 0.25) is 0 Å². The smallest absolute Gasteiger partial charge is 0.386 e. The molecule has 0 unspecified atom stereocenters. The van der Waals surface area contributed by atoms with Gasteiger partial charge >= 0.3 is 30.3 Å². The van der Waals surface area contributed by atoms with Gasteiger partial charge in [0.1, 0.15) is 0 Å². The van der Waals surface area contributed by atoms with Gasteiger partial charge < -0.3 is 21.5 Å². The average Bonchev–Trinajstić information content (AvgIpc) is 1.94. The van der Waals surface area contributed by atoms with Gasteiger partial charge in [-0.15, -0.1) is 0 Å². The minimum Gasteiger partial charge on any atom is -0.386 e. The lowest BCUT2D eigenvalue weighted by atomic mass is 12.0. The van der Waals surface area contributed by atoms with Gasteiger partial charge in [0, 0.05) is 20.0 Å². The van der Waals surface area contributed by atoms with Crippen LogP contribution in [0.2, 0.25) is 0 Å². The van der Waals surface area contributed by atoms with Gasteiger partial charge in [0.25, 0.3) is 22.8 Å². The van der Waals surface area contributed by atoms with Crippen molar-refractivity contribution in [2.24, 2.45) is 0 Å². The van der Waals surface area contributed by atoms with E-state index in [0.29, 0.717) is 0 Å². The minimum atomic E-state index is -3.47. The van der Waals surface area contributed by atoms with Crippen LogP contribution in [0.5, 0.6) is 0 Å². The Hall–Kier alpha value is 1.51. The van der Waals surface area contributed by atoms with E-state index >= 15 is 0 Å². The lowest BCUT2D eigenvalue weighted by Crippen LogP contribution is -2.36. The molecule has 0 saturated carbocycles. The van der Waals surface area contributed by atoms with Crippen LogP contribution in [0.15, 0.2) is 0 Å². The molecule has 14 heteroatoms. The molecule has 2 fully saturated rings. The average molecular weight is 336 g/mol. The van der Waals surface area contributed by atoms with E-state index < -0.39 is 53.1 Å². The van der Waals surface area contributed by atoms with Crippen molar-refractivity contribution in [2.45, 2.75) is 0 Å². The van der Waals surface area contributed by atoms with E-state index in [2.05, 4.69) is 0 Å². The van der Waals surface area contributed by atoms with Gasteiger partial charge in [-0.2, -0.15) is 0 Å². The van der Waals surface area contributed by atoms with E-state index in [1.807, 2.05) is 0 Å². The van der Waals surface area contributed by atoms with Crippen LogP contribution in [0.3, 0.4) is 0 Å². The summed E-state index contributed by atoms with van der Waals surface area (Å²) in [5.41, 5.74) is 0. The van der Waals surface area contributed by atoms with Crippen LogP contribution in [0.25, 0.3) is 0 Å². The Bertz CT molecular complexity index is 406. The molecule has 0 radical (unpaired) electrons. The van der Waals surface area contributed by atoms with Crippen molar-refractivity contribution >= 4 is 53.1 Å². The molecule has 0 aromatic heterocycles. The van der Waals surface area contributed by atoms with Crippen LogP contribution in [-0.4, -0.2) is 50.3 Å². The Kier molecular flexibility index (Phi) is 4.22. The van der Waals surface area contributed by atoms with Crippen molar-refractivity contribution in [3.8, 4) is 0 Å². The Balaban J connectivity index is 1.78. The second-order valence-electron chi connectivity index (χ2n) is 3.52. The summed E-state index contributed by atoms with van der Waals surface area (Å²) < 4.78 is 63.0. The highest BCUT2D eigenvalue weighted by Gasteiger charge is 2.59. The van der Waals surface area contributed by atoms with Crippen molar-refractivity contribution < 1.29 is 35.1 Å². The number of hydrogen-bond donors (Lipinski definition) is 0. The highest BCUT2D eigenvalue weighted by atomic mass is 31.2. The summed E-state index contributed by atoms with van der Waals surface area (Å²) in [5.74, 6) is 0. The van der Waals surface area contributed by atoms with E-state index in [1.165, 1.54) is 20.0 Å². The first-order chi connectivity index (χ1) is 7.57. The molecule has 0 N–H and O–H groups in total. The summed E-state index contributed by atoms with van der Waals surface area (Å²) in [5, 5.41) is 0. The summed E-state index contributed by atoms with van der Waals surface area (Å²) in [6.45, 7) is 3.74. The molecule has 2 saturated heterocycles. The largest absolute Gasteiger partial charge is 0.926 e. The molecule has 0 amide bonds. The third kappa shape index (κ3) is 4.24. The maximum Gasteiger partial charge on any atom is 0.926 e. The monoisotopic (exact) mass is 336 g/mol. The van der Waals surface area contributed by atoms with E-state index in [9.17, 15) is 13.7 Å². The Morgan fingerprint density at radius 1 is 0.941 bits per heavy atom. The van der Waals surface area contributed by atoms with Crippen molar-refractivity contribution in [2.75, 3.05) is 20.0 Å². The molecule has 2 aliphatic rings. The third-order valence-corrected chi connectivity index (χ3v) is 15.0. The van der Waals surface area contributed by atoms with Crippen LogP contribution >= 0.6 is 22.8 Å². The van der Waals surface area contributed by atoms with Gasteiger partial charge in [-0.25, -0.2) is 0 Å². The second-order valence-corrected chi connectivity index (χ2v) is 14.4. The predicted molar refractivity (Wildman–Crippen MR) is 58.6 cm³/mol. The van der Waals surface area contributed by atoms with Crippen molar-refractivity contribution in [3.05, 3.63) is 0 Å². The minimum absolute atomic E-state index is 1.18. The molecule has 0 aromatic carbocycles. The zero-order chi connectivity index (χ0) is 12.9. The van der Waals surface area contributed by atoms with Crippen LogP contribution in [0, 0.1) is 0 Å². The summed E-state index contributed by atoms with van der Waals surface area (Å²) in [7, 11) is -9.45. The zero-order valence-corrected chi connectivity index (χ0v) is 14.2. The molecule has 0 spiro atoms. The fourth-order valence-electron chi connectivity index (χ4n) is 1.06. The predicted octanol–water partition coefficient (Wildman–Crippen LogP) is 1.55. The van der Waals surface area contributed by atoms with E-state index in [-0.39, 0.29) is 0 Å². The lowest BCUT2D eigenvalue weighted by Gasteiger charge is -2.33. The first kappa shape index (κ1) is 14.9. The molecule has 2 heterocycles. The number of hydrogen-bond acceptors (Lipinski definition) is 9. The second kappa shape index (κ2) is 4.81. The summed E-state index contributed by atoms with van der Waals surface area (Å²) in [6, 6.07) is 0. The van der Waals surface area contributed by atoms with Crippen molar-refractivity contribution in [3.63, 3.8) is 0 Å². The molecule has 2 aliphatic heterocycles. The van der Waals surface area contributed by atoms with Gasteiger partial charge in [0.15, 0.2) is 0 Å². The topological polar surface area (TPSA) is 107 Å². The van der Waals surface area contributed by atoms with Gasteiger partial charge in [-0.1, -0.05) is 0 Å². The lowest BCUT2D eigenvalue weighted by molar-refractivity contribution is 0.180. The molecule has 17 heavy (non-hydrogen) atoms. The van der Waals surface area contributed by atoms with Crippen LogP contribution in [0.4, 0.5) is 0 Å². The maximum atomic E-state index is 11.8. The van der Waals surface area contributed by atoms with E-state index in [1.54, 1.807) is 0 Å². The van der Waals surface area contributed by atoms with Crippen LogP contribution in [0.1, 0.15) is 0 Å². The Labute approximate surface area is 108 Å². The summed E-state index contributed by atoms with van der Waals surface area (Å²) >= 11 is -5.28. The number of rotatable bonds is 4. The normalized spacial score (nSPS) is 26.3. The molecule has 96 valence electrons. The van der Waals surface area contributed by atoms with E-state index in [0.717, 1.165) is 0 Å². The van der Waals surface area contributed by atoms with Gasteiger partial charge in [0.05, 0.1) is 0 Å². The first-order valence-corrected chi connectivity index (χ1v) is 13.2. The summed E-state index contributed by atoms with van der Waals surface area (Å²) in [4.78, 5) is 0. The van der Waals surface area contributed by atoms with Crippen molar-refractivity contribution in [1.29, 1.82) is 0 Å². The fraction of sp³-hybridized carbons (Fsp3) is 1.00. The third-order valence-electron chi connectivity index (χ3n) is 1.67. The Morgan fingerprint density at radius 2 is 1.24 bits per heavy atom. The molecule has 0 atom stereocenters. The zero-order valence-electron chi connectivity index (χ0n) is 9.17. The van der Waals surface area contributed by atoms with Crippen molar-refractivity contribution in [1.82, 2.24) is 0 Å². The molecule has 0 aliphatic carbocycles. The molecule has 9 nitrogen and oxygen atoms in total. The quantitative estimate of drug-likeness (QED) is 0.558. The molecule has 0 aromatic rings. The Morgan fingerprint density at radius 3 is 1.47 bits per heavy atom. The SMILES string of the molecule is CP1(=O)[O][Al]([O]P(C)(=O)[O][Al]2[O]P(C)(=O)[O]2)[O]1. The van der Waals surface area contributed by atoms with Crippen LogP contribution in [-0.2, 0) is 35.1 Å².